The summed E-state index contributed by atoms with van der Waals surface area (Å²) >= 11 is 12.7. The maximum Gasteiger partial charge on any atom is 0.573 e. The van der Waals surface area contributed by atoms with Crippen LogP contribution in [0.25, 0.3) is 5.69 Å². The van der Waals surface area contributed by atoms with E-state index in [0.29, 0.717) is 42.6 Å². The number of alkyl halides is 3. The van der Waals surface area contributed by atoms with Crippen LogP contribution in [0.4, 0.5) is 18.9 Å². The van der Waals surface area contributed by atoms with Gasteiger partial charge in [0, 0.05) is 38.2 Å². The average molecular weight is 545 g/mol. The molecule has 2 aromatic carbocycles. The summed E-state index contributed by atoms with van der Waals surface area (Å²) in [7, 11) is 3.32. The molecule has 0 N–H and O–H groups in total. The van der Waals surface area contributed by atoms with Gasteiger partial charge in [-0.25, -0.2) is 4.68 Å². The van der Waals surface area contributed by atoms with Gasteiger partial charge < -0.3 is 14.4 Å². The number of hydrogen-bond acceptors (Lipinski definition) is 5. The molecule has 0 saturated carbocycles. The van der Waals surface area contributed by atoms with E-state index in [9.17, 15) is 18.0 Å². The molecule has 194 valence electrons. The van der Waals surface area contributed by atoms with Gasteiger partial charge in [0.2, 0.25) is 0 Å². The van der Waals surface area contributed by atoms with E-state index in [4.69, 9.17) is 27.9 Å². The zero-order valence-corrected chi connectivity index (χ0v) is 21.4. The van der Waals surface area contributed by atoms with E-state index in [-0.39, 0.29) is 16.8 Å². The third-order valence-electron chi connectivity index (χ3n) is 6.31. The summed E-state index contributed by atoms with van der Waals surface area (Å²) in [6.07, 6.45) is -4.79. The monoisotopic (exact) mass is 544 g/mol. The summed E-state index contributed by atoms with van der Waals surface area (Å²) in [6, 6.07) is 10.4. The Labute approximate surface area is 216 Å². The summed E-state index contributed by atoms with van der Waals surface area (Å²) in [5.41, 5.74) is 1.46. The molecule has 0 aliphatic carbocycles. The summed E-state index contributed by atoms with van der Waals surface area (Å²) in [4.78, 5) is 17.4. The highest BCUT2D eigenvalue weighted by molar-refractivity contribution is 6.31. The van der Waals surface area contributed by atoms with Gasteiger partial charge in [-0.1, -0.05) is 23.2 Å². The lowest BCUT2D eigenvalue weighted by atomic mass is 10.1. The fourth-order valence-electron chi connectivity index (χ4n) is 4.56. The van der Waals surface area contributed by atoms with Crippen LogP contribution < -0.4 is 19.9 Å². The molecule has 0 bridgehead atoms. The first-order chi connectivity index (χ1) is 17.0. The molecule has 1 fully saturated rings. The van der Waals surface area contributed by atoms with Gasteiger partial charge in [-0.3, -0.25) is 14.4 Å². The van der Waals surface area contributed by atoms with E-state index in [1.54, 1.807) is 24.9 Å². The molecular formula is C24H25Cl2F3N4O3. The smallest absolute Gasteiger partial charge is 0.495 e. The van der Waals surface area contributed by atoms with Gasteiger partial charge >= 0.3 is 6.36 Å². The Kier molecular flexibility index (Phi) is 7.49. The van der Waals surface area contributed by atoms with Crippen LogP contribution in [0.2, 0.25) is 10.0 Å². The number of aromatic nitrogens is 2. The second-order valence-electron chi connectivity index (χ2n) is 8.40. The molecule has 1 aliphatic heterocycles. The van der Waals surface area contributed by atoms with Gasteiger partial charge in [-0.15, -0.1) is 13.2 Å². The molecular weight excluding hydrogens is 520 g/mol. The minimum Gasteiger partial charge on any atom is -0.495 e. The van der Waals surface area contributed by atoms with E-state index in [2.05, 4.69) is 14.5 Å². The predicted octanol–water partition coefficient (Wildman–Crippen LogP) is 5.27. The van der Waals surface area contributed by atoms with Crippen molar-refractivity contribution in [3.63, 3.8) is 0 Å². The fraction of sp³-hybridized carbons (Fsp3) is 0.375. The van der Waals surface area contributed by atoms with Gasteiger partial charge in [-0.05, 0) is 49.4 Å². The van der Waals surface area contributed by atoms with Crippen molar-refractivity contribution in [2.24, 2.45) is 7.05 Å². The number of ether oxygens (including phenoxy) is 2. The number of rotatable bonds is 6. The van der Waals surface area contributed by atoms with Crippen LogP contribution in [0.3, 0.4) is 0 Å². The van der Waals surface area contributed by atoms with Crippen molar-refractivity contribution in [2.75, 3.05) is 38.2 Å². The molecule has 1 atom stereocenters. The highest BCUT2D eigenvalue weighted by Gasteiger charge is 2.32. The minimum atomic E-state index is -4.79. The first-order valence-electron chi connectivity index (χ1n) is 11.2. The molecule has 0 radical (unpaired) electrons. The molecule has 36 heavy (non-hydrogen) atoms. The van der Waals surface area contributed by atoms with Gasteiger partial charge in [0.15, 0.2) is 0 Å². The topological polar surface area (TPSA) is 51.9 Å². The molecule has 2 heterocycles. The van der Waals surface area contributed by atoms with Gasteiger partial charge in [0.25, 0.3) is 5.56 Å². The maximum atomic E-state index is 13.0. The number of nitrogens with zero attached hydrogens (tertiary/aromatic N) is 4. The summed E-state index contributed by atoms with van der Waals surface area (Å²) < 4.78 is 49.8. The van der Waals surface area contributed by atoms with E-state index in [1.165, 1.54) is 16.8 Å². The minimum absolute atomic E-state index is 0.0690. The number of methoxy groups -OCH3 is 1. The Hall–Kier alpha value is -2.82. The maximum absolute atomic E-state index is 13.0. The normalized spacial score (nSPS) is 15.7. The summed E-state index contributed by atoms with van der Waals surface area (Å²) in [5.74, 6) is 0.373. The second kappa shape index (κ2) is 10.3. The third kappa shape index (κ3) is 5.30. The quantitative estimate of drug-likeness (QED) is 0.423. The van der Waals surface area contributed by atoms with Gasteiger partial charge in [-0.2, -0.15) is 0 Å². The van der Waals surface area contributed by atoms with Gasteiger partial charge in [0.05, 0.1) is 30.2 Å². The zero-order chi connectivity index (χ0) is 26.2. The molecule has 12 heteroatoms. The van der Waals surface area contributed by atoms with E-state index in [1.807, 2.05) is 19.1 Å². The van der Waals surface area contributed by atoms with Gasteiger partial charge in [0.1, 0.15) is 16.5 Å². The van der Waals surface area contributed by atoms with Crippen LogP contribution in [0, 0.1) is 0 Å². The SMILES string of the molecule is COc1ccc(Cl)cc1N1CCN(C(C)c2c(Cl)c(=O)n(-c3ccc(OC(F)(F)F)cc3)n2C)CC1. The number of halogens is 5. The third-order valence-corrected chi connectivity index (χ3v) is 6.90. The highest BCUT2D eigenvalue weighted by atomic mass is 35.5. The van der Waals surface area contributed by atoms with E-state index in [0.717, 1.165) is 23.6 Å². The zero-order valence-electron chi connectivity index (χ0n) is 19.9. The van der Waals surface area contributed by atoms with Crippen LogP contribution in [0.15, 0.2) is 47.3 Å². The highest BCUT2D eigenvalue weighted by Crippen LogP contribution is 2.34. The van der Waals surface area contributed by atoms with E-state index < -0.39 is 11.9 Å². The van der Waals surface area contributed by atoms with Crippen molar-refractivity contribution >= 4 is 28.9 Å². The Morgan fingerprint density at radius 3 is 2.22 bits per heavy atom. The molecule has 1 unspecified atom stereocenters. The number of hydrogen-bond donors (Lipinski definition) is 0. The number of anilines is 1. The molecule has 1 aromatic heterocycles. The first kappa shape index (κ1) is 26.2. The fourth-order valence-corrected chi connectivity index (χ4v) is 5.08. The van der Waals surface area contributed by atoms with E-state index >= 15 is 0 Å². The molecule has 4 rings (SSSR count). The van der Waals surface area contributed by atoms with Crippen molar-refractivity contribution in [3.05, 3.63) is 68.6 Å². The largest absolute Gasteiger partial charge is 0.573 e. The van der Waals surface area contributed by atoms with Crippen molar-refractivity contribution < 1.29 is 22.6 Å². The first-order valence-corrected chi connectivity index (χ1v) is 11.9. The van der Waals surface area contributed by atoms with Crippen LogP contribution in [-0.2, 0) is 7.05 Å². The Bertz CT molecular complexity index is 1280. The van der Waals surface area contributed by atoms with Crippen molar-refractivity contribution in [1.29, 1.82) is 0 Å². The second-order valence-corrected chi connectivity index (χ2v) is 9.21. The molecule has 0 spiro atoms. The number of piperazine rings is 1. The van der Waals surface area contributed by atoms with Crippen LogP contribution >= 0.6 is 23.2 Å². The molecule has 3 aromatic rings. The van der Waals surface area contributed by atoms with Crippen LogP contribution in [0.1, 0.15) is 18.7 Å². The molecule has 1 saturated heterocycles. The lowest BCUT2D eigenvalue weighted by molar-refractivity contribution is -0.274. The Morgan fingerprint density at radius 1 is 1.00 bits per heavy atom. The number of benzene rings is 2. The molecule has 1 aliphatic rings. The standard InChI is InChI=1S/C24H25Cl2F3N4O3/c1-15(31-10-12-32(13-11-31)19-14-16(25)4-9-20(19)35-3)22-21(26)23(34)33(30(22)2)17-5-7-18(8-6-17)36-24(27,28)29/h4-9,14-15H,10-13H2,1-3H3. The molecule has 0 amide bonds. The van der Waals surface area contributed by atoms with Crippen LogP contribution in [0.5, 0.6) is 11.5 Å². The van der Waals surface area contributed by atoms with Crippen molar-refractivity contribution in [3.8, 4) is 17.2 Å². The Morgan fingerprint density at radius 2 is 1.64 bits per heavy atom. The van der Waals surface area contributed by atoms with Crippen molar-refractivity contribution in [2.45, 2.75) is 19.3 Å². The van der Waals surface area contributed by atoms with Crippen LogP contribution in [-0.4, -0.2) is 53.9 Å². The van der Waals surface area contributed by atoms with Crippen molar-refractivity contribution in [1.82, 2.24) is 14.3 Å². The lowest BCUT2D eigenvalue weighted by Gasteiger charge is -2.39. The predicted molar refractivity (Wildman–Crippen MR) is 133 cm³/mol. The summed E-state index contributed by atoms with van der Waals surface area (Å²) in [5, 5.41) is 0.697. The Balaban J connectivity index is 1.53. The average Bonchev–Trinajstić information content (AvgIpc) is 3.06. The molecule has 7 nitrogen and oxygen atoms in total. The lowest BCUT2D eigenvalue weighted by Crippen LogP contribution is -2.47. The summed E-state index contributed by atoms with van der Waals surface area (Å²) in [6.45, 7) is 4.81.